The molecule has 0 atom stereocenters. The van der Waals surface area contributed by atoms with Gasteiger partial charge in [-0.25, -0.2) is 9.97 Å². The van der Waals surface area contributed by atoms with Gasteiger partial charge in [-0.15, -0.1) is 0 Å². The monoisotopic (exact) mass is 250 g/mol. The summed E-state index contributed by atoms with van der Waals surface area (Å²) in [5.74, 6) is 0.837. The third-order valence-electron chi connectivity index (χ3n) is 2.89. The van der Waals surface area contributed by atoms with Gasteiger partial charge in [0.15, 0.2) is 5.65 Å². The van der Waals surface area contributed by atoms with Crippen molar-refractivity contribution in [3.8, 4) is 0 Å². The highest BCUT2D eigenvalue weighted by atomic mass is 15.0. The van der Waals surface area contributed by atoms with Crippen LogP contribution in [-0.2, 0) is 6.42 Å². The van der Waals surface area contributed by atoms with Gasteiger partial charge in [0.05, 0.1) is 0 Å². The Hall–Kier alpha value is -2.49. The van der Waals surface area contributed by atoms with Crippen molar-refractivity contribution >= 4 is 17.0 Å². The summed E-state index contributed by atoms with van der Waals surface area (Å²) in [7, 11) is 0. The Morgan fingerprint density at radius 1 is 0.895 bits per heavy atom. The lowest BCUT2D eigenvalue weighted by atomic mass is 10.1. The molecule has 1 aromatic carbocycles. The zero-order chi connectivity index (χ0) is 12.9. The molecule has 0 saturated carbocycles. The van der Waals surface area contributed by atoms with E-state index in [0.29, 0.717) is 5.65 Å². The fourth-order valence-corrected chi connectivity index (χ4v) is 1.93. The van der Waals surface area contributed by atoms with Crippen molar-refractivity contribution in [1.29, 1.82) is 0 Å². The maximum absolute atomic E-state index is 4.42. The number of nitrogens with one attached hydrogen (secondary N) is 1. The molecule has 3 aromatic rings. The molecule has 0 spiro atoms. The van der Waals surface area contributed by atoms with Crippen LogP contribution in [0.5, 0.6) is 0 Å². The van der Waals surface area contributed by atoms with Gasteiger partial charge in [-0.1, -0.05) is 30.3 Å². The number of hydrogen-bond donors (Lipinski definition) is 1. The van der Waals surface area contributed by atoms with Gasteiger partial charge >= 0.3 is 0 Å². The predicted octanol–water partition coefficient (Wildman–Crippen LogP) is 2.68. The number of rotatable bonds is 4. The number of benzene rings is 1. The second kappa shape index (κ2) is 5.44. The largest absolute Gasteiger partial charge is 0.370 e. The van der Waals surface area contributed by atoms with Crippen molar-refractivity contribution in [3.05, 3.63) is 60.4 Å². The molecule has 4 nitrogen and oxygen atoms in total. The minimum absolute atomic E-state index is 0.673. The lowest BCUT2D eigenvalue weighted by Crippen LogP contribution is -2.06. The Kier molecular flexibility index (Phi) is 3.32. The van der Waals surface area contributed by atoms with Gasteiger partial charge in [-0.2, -0.15) is 0 Å². The van der Waals surface area contributed by atoms with E-state index in [9.17, 15) is 0 Å². The highest BCUT2D eigenvalue weighted by Crippen LogP contribution is 2.10. The number of aromatic nitrogens is 3. The van der Waals surface area contributed by atoms with E-state index < -0.39 is 0 Å². The van der Waals surface area contributed by atoms with E-state index in [1.54, 1.807) is 12.4 Å². The average molecular weight is 250 g/mol. The number of hydrogen-bond acceptors (Lipinski definition) is 4. The van der Waals surface area contributed by atoms with Gasteiger partial charge in [-0.05, 0) is 24.1 Å². The topological polar surface area (TPSA) is 50.7 Å². The second-order valence-corrected chi connectivity index (χ2v) is 4.26. The van der Waals surface area contributed by atoms with E-state index in [4.69, 9.17) is 0 Å². The normalized spacial score (nSPS) is 10.5. The number of nitrogens with zero attached hydrogens (tertiary/aromatic N) is 3. The summed E-state index contributed by atoms with van der Waals surface area (Å²) in [6, 6.07) is 14.3. The predicted molar refractivity (Wildman–Crippen MR) is 76.0 cm³/mol. The summed E-state index contributed by atoms with van der Waals surface area (Å²) in [5, 5.41) is 3.31. The molecule has 0 radical (unpaired) electrons. The molecule has 1 N–H and O–H groups in total. The van der Waals surface area contributed by atoms with Crippen molar-refractivity contribution in [2.24, 2.45) is 0 Å². The number of pyridine rings is 1. The van der Waals surface area contributed by atoms with Crippen molar-refractivity contribution in [3.63, 3.8) is 0 Å². The first-order valence-electron chi connectivity index (χ1n) is 6.27. The summed E-state index contributed by atoms with van der Waals surface area (Å²) < 4.78 is 0. The number of fused-ring (bicyclic) bond motifs is 1. The van der Waals surface area contributed by atoms with Crippen LogP contribution in [0.25, 0.3) is 11.2 Å². The van der Waals surface area contributed by atoms with Gasteiger partial charge in [0.2, 0.25) is 0 Å². The van der Waals surface area contributed by atoms with E-state index in [1.807, 2.05) is 18.2 Å². The second-order valence-electron chi connectivity index (χ2n) is 4.26. The Labute approximate surface area is 111 Å². The minimum Gasteiger partial charge on any atom is -0.370 e. The average Bonchev–Trinajstić information content (AvgIpc) is 2.48. The van der Waals surface area contributed by atoms with Crippen LogP contribution >= 0.6 is 0 Å². The molecule has 19 heavy (non-hydrogen) atoms. The minimum atomic E-state index is 0.673. The lowest BCUT2D eigenvalue weighted by molar-refractivity contribution is 1.01. The van der Waals surface area contributed by atoms with E-state index in [2.05, 4.69) is 44.5 Å². The maximum Gasteiger partial charge on any atom is 0.180 e. The SMILES string of the molecule is c1ccc(CCNc2ccc3nccnc3n2)cc1. The molecule has 0 aliphatic rings. The van der Waals surface area contributed by atoms with Crippen molar-refractivity contribution in [1.82, 2.24) is 15.0 Å². The molecule has 0 bridgehead atoms. The van der Waals surface area contributed by atoms with Crippen LogP contribution in [-0.4, -0.2) is 21.5 Å². The quantitative estimate of drug-likeness (QED) is 0.773. The van der Waals surface area contributed by atoms with Crippen molar-refractivity contribution in [2.45, 2.75) is 6.42 Å². The summed E-state index contributed by atoms with van der Waals surface area (Å²) in [5.41, 5.74) is 2.80. The summed E-state index contributed by atoms with van der Waals surface area (Å²) in [6.07, 6.45) is 4.30. The maximum atomic E-state index is 4.42. The van der Waals surface area contributed by atoms with E-state index in [1.165, 1.54) is 5.56 Å². The van der Waals surface area contributed by atoms with Gasteiger partial charge in [-0.3, -0.25) is 4.98 Å². The molecule has 0 aliphatic carbocycles. The van der Waals surface area contributed by atoms with Crippen molar-refractivity contribution in [2.75, 3.05) is 11.9 Å². The Morgan fingerprint density at radius 2 is 1.74 bits per heavy atom. The third kappa shape index (κ3) is 2.85. The van der Waals surface area contributed by atoms with E-state index >= 15 is 0 Å². The summed E-state index contributed by atoms with van der Waals surface area (Å²) in [4.78, 5) is 12.8. The van der Waals surface area contributed by atoms with Gasteiger partial charge in [0.1, 0.15) is 11.3 Å². The first kappa shape index (κ1) is 11.6. The van der Waals surface area contributed by atoms with Crippen LogP contribution < -0.4 is 5.32 Å². The summed E-state index contributed by atoms with van der Waals surface area (Å²) >= 11 is 0. The van der Waals surface area contributed by atoms with Gasteiger partial charge in [0.25, 0.3) is 0 Å². The zero-order valence-corrected chi connectivity index (χ0v) is 10.5. The van der Waals surface area contributed by atoms with Gasteiger partial charge < -0.3 is 5.32 Å². The zero-order valence-electron chi connectivity index (χ0n) is 10.5. The lowest BCUT2D eigenvalue weighted by Gasteiger charge is -2.06. The smallest absolute Gasteiger partial charge is 0.180 e. The Bertz CT molecular complexity index is 667. The van der Waals surface area contributed by atoms with Crippen molar-refractivity contribution < 1.29 is 0 Å². The van der Waals surface area contributed by atoms with Crippen LogP contribution in [0.4, 0.5) is 5.82 Å². The fourth-order valence-electron chi connectivity index (χ4n) is 1.93. The molecule has 3 rings (SSSR count). The first-order chi connectivity index (χ1) is 9.42. The molecule has 0 saturated heterocycles. The Balaban J connectivity index is 1.65. The molecule has 0 fully saturated rings. The van der Waals surface area contributed by atoms with Crippen LogP contribution in [0.3, 0.4) is 0 Å². The van der Waals surface area contributed by atoms with Crippen LogP contribution in [0.2, 0.25) is 0 Å². The molecular weight excluding hydrogens is 236 g/mol. The van der Waals surface area contributed by atoms with E-state index in [0.717, 1.165) is 24.3 Å². The molecular formula is C15H14N4. The third-order valence-corrected chi connectivity index (χ3v) is 2.89. The molecule has 4 heteroatoms. The fraction of sp³-hybridized carbons (Fsp3) is 0.133. The molecule has 94 valence electrons. The highest BCUT2D eigenvalue weighted by molar-refractivity contribution is 5.71. The highest BCUT2D eigenvalue weighted by Gasteiger charge is 1.99. The van der Waals surface area contributed by atoms with E-state index in [-0.39, 0.29) is 0 Å². The molecule has 0 unspecified atom stereocenters. The van der Waals surface area contributed by atoms with Crippen LogP contribution in [0.1, 0.15) is 5.56 Å². The molecule has 0 aliphatic heterocycles. The molecule has 2 heterocycles. The summed E-state index contributed by atoms with van der Waals surface area (Å²) in [6.45, 7) is 0.850. The molecule has 2 aromatic heterocycles. The van der Waals surface area contributed by atoms with Gasteiger partial charge in [0, 0.05) is 18.9 Å². The number of anilines is 1. The van der Waals surface area contributed by atoms with Crippen LogP contribution in [0, 0.1) is 0 Å². The molecule has 0 amide bonds. The van der Waals surface area contributed by atoms with Crippen LogP contribution in [0.15, 0.2) is 54.9 Å². The first-order valence-corrected chi connectivity index (χ1v) is 6.27. The standard InChI is InChI=1S/C15H14N4/c1-2-4-12(5-3-1)8-9-17-14-7-6-13-15(19-14)18-11-10-16-13/h1-7,10-11H,8-9H2,(H,17,18,19). The Morgan fingerprint density at radius 3 is 2.63 bits per heavy atom.